The second kappa shape index (κ2) is 8.71. The van der Waals surface area contributed by atoms with E-state index >= 15 is 0 Å². The summed E-state index contributed by atoms with van der Waals surface area (Å²) in [4.78, 5) is 16.5. The molecule has 0 radical (unpaired) electrons. The van der Waals surface area contributed by atoms with Crippen molar-refractivity contribution in [2.75, 3.05) is 38.0 Å². The smallest absolute Gasteiger partial charge is 0.259 e. The molecule has 5 rings (SSSR count). The van der Waals surface area contributed by atoms with Crippen LogP contribution in [0.2, 0.25) is 10.0 Å². The Kier molecular flexibility index (Phi) is 5.92. The number of para-hydroxylation sites is 1. The third-order valence-electron chi connectivity index (χ3n) is 6.10. The van der Waals surface area contributed by atoms with Gasteiger partial charge in [0.2, 0.25) is 0 Å². The first-order chi connectivity index (χ1) is 15.4. The van der Waals surface area contributed by atoms with E-state index in [9.17, 15) is 9.18 Å². The summed E-state index contributed by atoms with van der Waals surface area (Å²) < 4.78 is 31.1. The molecule has 0 aliphatic carbocycles. The van der Waals surface area contributed by atoms with E-state index < -0.39 is 6.30 Å². The Morgan fingerprint density at radius 1 is 1.16 bits per heavy atom. The number of alkyl halides is 1. The van der Waals surface area contributed by atoms with Gasteiger partial charge >= 0.3 is 0 Å². The highest BCUT2D eigenvalue weighted by atomic mass is 35.5. The van der Waals surface area contributed by atoms with E-state index in [4.69, 9.17) is 37.4 Å². The minimum absolute atomic E-state index is 0.00935. The molecule has 6 nitrogen and oxygen atoms in total. The summed E-state index contributed by atoms with van der Waals surface area (Å²) in [5.41, 5.74) is 2.68. The fourth-order valence-corrected chi connectivity index (χ4v) is 4.92. The summed E-state index contributed by atoms with van der Waals surface area (Å²) in [6, 6.07) is 9.11. The zero-order chi connectivity index (χ0) is 22.4. The number of carbonyl (C=O) groups is 1. The molecule has 3 aliphatic heterocycles. The summed E-state index contributed by atoms with van der Waals surface area (Å²) in [5.74, 6) is 0.529. The van der Waals surface area contributed by atoms with Gasteiger partial charge in [0, 0.05) is 18.0 Å². The number of hydrogen-bond donors (Lipinski definition) is 0. The number of rotatable bonds is 3. The van der Waals surface area contributed by atoms with Crippen LogP contribution in [0.3, 0.4) is 0 Å². The second-order valence-electron chi connectivity index (χ2n) is 8.37. The molecule has 0 spiro atoms. The molecule has 170 valence electrons. The predicted octanol–water partition coefficient (Wildman–Crippen LogP) is 4.62. The molecule has 2 atom stereocenters. The highest BCUT2D eigenvalue weighted by Crippen LogP contribution is 2.39. The molecule has 0 bridgehead atoms. The molecule has 3 heterocycles. The minimum atomic E-state index is -1.25. The maximum Gasteiger partial charge on any atom is 0.259 e. The fourth-order valence-electron chi connectivity index (χ4n) is 4.26. The summed E-state index contributed by atoms with van der Waals surface area (Å²) >= 11 is 12.9. The fraction of sp³-hybridized carbons (Fsp3) is 0.435. The standard InChI is InChI=1S/C23H23Cl2FN2O4/c1-13-7-28(20(26)11-31-13)19-4-2-3-14-8-27(12-32-22(14)19)23(29)21-17(24)5-15(6-18(21)25)16-9-30-10-16/h2-6,13,16,20H,7-12H2,1H3. The second-order valence-corrected chi connectivity index (χ2v) is 9.18. The van der Waals surface area contributed by atoms with Crippen molar-refractivity contribution >= 4 is 34.8 Å². The van der Waals surface area contributed by atoms with Crippen molar-refractivity contribution in [2.45, 2.75) is 31.8 Å². The zero-order valence-electron chi connectivity index (χ0n) is 17.5. The van der Waals surface area contributed by atoms with Crippen LogP contribution < -0.4 is 9.64 Å². The molecule has 2 fully saturated rings. The van der Waals surface area contributed by atoms with E-state index in [2.05, 4.69) is 0 Å². The van der Waals surface area contributed by atoms with Crippen LogP contribution >= 0.6 is 23.2 Å². The molecule has 32 heavy (non-hydrogen) atoms. The van der Waals surface area contributed by atoms with Gasteiger partial charge in [-0.1, -0.05) is 35.3 Å². The van der Waals surface area contributed by atoms with Gasteiger partial charge in [0.15, 0.2) is 13.0 Å². The number of anilines is 1. The number of hydrogen-bond acceptors (Lipinski definition) is 5. The first-order valence-corrected chi connectivity index (χ1v) is 11.3. The normalized spacial score (nSPS) is 23.4. The Morgan fingerprint density at radius 2 is 1.91 bits per heavy atom. The average molecular weight is 481 g/mol. The van der Waals surface area contributed by atoms with E-state index in [0.29, 0.717) is 47.8 Å². The van der Waals surface area contributed by atoms with Crippen LogP contribution in [-0.4, -0.2) is 56.3 Å². The van der Waals surface area contributed by atoms with Crippen molar-refractivity contribution in [1.82, 2.24) is 4.90 Å². The molecule has 2 aromatic rings. The molecule has 1 amide bonds. The van der Waals surface area contributed by atoms with Crippen molar-refractivity contribution in [3.05, 3.63) is 57.1 Å². The molecule has 0 aromatic heterocycles. The van der Waals surface area contributed by atoms with Gasteiger partial charge in [-0.15, -0.1) is 0 Å². The Balaban J connectivity index is 1.38. The zero-order valence-corrected chi connectivity index (χ0v) is 19.0. The van der Waals surface area contributed by atoms with Crippen LogP contribution in [0.4, 0.5) is 10.1 Å². The summed E-state index contributed by atoms with van der Waals surface area (Å²) in [5, 5.41) is 0.623. The predicted molar refractivity (Wildman–Crippen MR) is 119 cm³/mol. The minimum Gasteiger partial charge on any atom is -0.470 e. The summed E-state index contributed by atoms with van der Waals surface area (Å²) in [6.45, 7) is 3.92. The van der Waals surface area contributed by atoms with Gasteiger partial charge in [-0.25, -0.2) is 4.39 Å². The average Bonchev–Trinajstić information content (AvgIpc) is 2.73. The van der Waals surface area contributed by atoms with Crippen molar-refractivity contribution < 1.29 is 23.4 Å². The van der Waals surface area contributed by atoms with Crippen molar-refractivity contribution in [3.63, 3.8) is 0 Å². The van der Waals surface area contributed by atoms with Gasteiger partial charge in [-0.3, -0.25) is 4.79 Å². The number of ether oxygens (including phenoxy) is 3. The third kappa shape index (κ3) is 3.92. The van der Waals surface area contributed by atoms with Crippen LogP contribution in [0, 0.1) is 0 Å². The number of halogens is 3. The van der Waals surface area contributed by atoms with Crippen molar-refractivity contribution in [1.29, 1.82) is 0 Å². The summed E-state index contributed by atoms with van der Waals surface area (Å²) in [7, 11) is 0. The molecule has 2 aromatic carbocycles. The van der Waals surface area contributed by atoms with Crippen LogP contribution in [-0.2, 0) is 16.0 Å². The Labute approximate surface area is 195 Å². The number of morpholine rings is 1. The monoisotopic (exact) mass is 480 g/mol. The first-order valence-electron chi connectivity index (χ1n) is 10.6. The Hall–Kier alpha value is -2.06. The molecule has 0 N–H and O–H groups in total. The molecular weight excluding hydrogens is 458 g/mol. The topological polar surface area (TPSA) is 51.2 Å². The molecule has 2 unspecified atom stereocenters. The molecule has 3 aliphatic rings. The largest absolute Gasteiger partial charge is 0.470 e. The van der Waals surface area contributed by atoms with Gasteiger partial charge in [0.05, 0.1) is 53.8 Å². The molecule has 9 heteroatoms. The van der Waals surface area contributed by atoms with Crippen LogP contribution in [0.15, 0.2) is 30.3 Å². The van der Waals surface area contributed by atoms with Gasteiger partial charge in [-0.2, -0.15) is 0 Å². The van der Waals surface area contributed by atoms with Gasteiger partial charge in [0.1, 0.15) is 5.75 Å². The Morgan fingerprint density at radius 3 is 2.59 bits per heavy atom. The lowest BCUT2D eigenvalue weighted by Crippen LogP contribution is -2.47. The van der Waals surface area contributed by atoms with Crippen LogP contribution in [0.25, 0.3) is 0 Å². The maximum absolute atomic E-state index is 14.6. The third-order valence-corrected chi connectivity index (χ3v) is 6.69. The molecule has 0 saturated carbocycles. The van der Waals surface area contributed by atoms with Crippen LogP contribution in [0.5, 0.6) is 5.75 Å². The maximum atomic E-state index is 14.6. The quantitative estimate of drug-likeness (QED) is 0.599. The van der Waals surface area contributed by atoms with E-state index in [1.165, 1.54) is 0 Å². The number of fused-ring (bicyclic) bond motifs is 1. The van der Waals surface area contributed by atoms with Gasteiger partial charge < -0.3 is 24.0 Å². The molecule has 2 saturated heterocycles. The van der Waals surface area contributed by atoms with E-state index in [1.807, 2.05) is 25.1 Å². The number of carbonyl (C=O) groups excluding carboxylic acids is 1. The van der Waals surface area contributed by atoms with E-state index in [-0.39, 0.29) is 36.8 Å². The van der Waals surface area contributed by atoms with Gasteiger partial charge in [0.25, 0.3) is 5.91 Å². The lowest BCUT2D eigenvalue weighted by molar-refractivity contribution is -0.00280. The SMILES string of the molecule is CC1CN(c2cccc3c2OCN(C(=O)c2c(Cl)cc(C4COC4)cc2Cl)C3)C(F)CO1. The van der Waals surface area contributed by atoms with Crippen molar-refractivity contribution in [2.24, 2.45) is 0 Å². The van der Waals surface area contributed by atoms with Crippen molar-refractivity contribution in [3.8, 4) is 5.75 Å². The Bertz CT molecular complexity index is 1030. The van der Waals surface area contributed by atoms with E-state index in [1.54, 1.807) is 21.9 Å². The number of benzene rings is 2. The summed E-state index contributed by atoms with van der Waals surface area (Å²) in [6.07, 6.45) is -1.34. The van der Waals surface area contributed by atoms with Crippen LogP contribution in [0.1, 0.15) is 34.3 Å². The first kappa shape index (κ1) is 21.8. The number of nitrogens with zero attached hydrogens (tertiary/aromatic N) is 2. The highest BCUT2D eigenvalue weighted by Gasteiger charge is 2.33. The van der Waals surface area contributed by atoms with E-state index in [0.717, 1.165) is 11.1 Å². The number of amides is 1. The lowest BCUT2D eigenvalue weighted by Gasteiger charge is -2.38. The lowest BCUT2D eigenvalue weighted by atomic mass is 9.96. The van der Waals surface area contributed by atoms with Gasteiger partial charge in [-0.05, 0) is 30.7 Å². The highest BCUT2D eigenvalue weighted by molar-refractivity contribution is 6.39. The molecular formula is C23H23Cl2FN2O4.